The first-order chi connectivity index (χ1) is 14.9. The number of imidazole rings is 2. The van der Waals surface area contributed by atoms with Crippen molar-refractivity contribution in [3.63, 3.8) is 0 Å². The number of fused-ring (bicyclic) bond motifs is 2. The molecule has 0 saturated carbocycles. The number of aromatic nitrogens is 4. The highest BCUT2D eigenvalue weighted by atomic mass is 16.5. The number of rotatable bonds is 8. The van der Waals surface area contributed by atoms with Crippen LogP contribution in [0.1, 0.15) is 64.0 Å². The molecule has 6 nitrogen and oxygen atoms in total. The van der Waals surface area contributed by atoms with E-state index in [1.165, 1.54) is 0 Å². The molecule has 4 rings (SSSR count). The third kappa shape index (κ3) is 3.92. The molecule has 1 atom stereocenters. The Hall–Kier alpha value is -2.86. The summed E-state index contributed by atoms with van der Waals surface area (Å²) in [6.07, 6.45) is 1.84. The van der Waals surface area contributed by atoms with E-state index >= 15 is 0 Å². The van der Waals surface area contributed by atoms with Crippen LogP contribution in [0.15, 0.2) is 47.3 Å². The molecule has 0 aliphatic rings. The predicted molar refractivity (Wildman–Crippen MR) is 126 cm³/mol. The van der Waals surface area contributed by atoms with Gasteiger partial charge in [-0.05, 0) is 50.8 Å². The Morgan fingerprint density at radius 2 is 1.68 bits per heavy atom. The van der Waals surface area contributed by atoms with Crippen molar-refractivity contribution in [2.75, 3.05) is 7.11 Å². The predicted octanol–water partition coefficient (Wildman–Crippen LogP) is 5.43. The van der Waals surface area contributed by atoms with Crippen molar-refractivity contribution >= 4 is 22.1 Å². The number of ether oxygens (including phenoxy) is 1. The van der Waals surface area contributed by atoms with Crippen LogP contribution in [0.5, 0.6) is 0 Å². The average molecular weight is 421 g/mol. The highest BCUT2D eigenvalue weighted by Gasteiger charge is 2.25. The fraction of sp³-hybridized carbons (Fsp3) is 0.440. The highest BCUT2D eigenvalue weighted by Crippen LogP contribution is 2.30. The fourth-order valence-electron chi connectivity index (χ4n) is 4.41. The summed E-state index contributed by atoms with van der Waals surface area (Å²) in [7, 11) is 1.69. The van der Waals surface area contributed by atoms with Gasteiger partial charge in [0, 0.05) is 18.7 Å². The number of para-hydroxylation sites is 3. The monoisotopic (exact) mass is 420 g/mol. The first kappa shape index (κ1) is 21.4. The molecule has 0 spiro atoms. The highest BCUT2D eigenvalue weighted by molar-refractivity contribution is 5.79. The van der Waals surface area contributed by atoms with Crippen molar-refractivity contribution in [1.82, 2.24) is 19.1 Å². The summed E-state index contributed by atoms with van der Waals surface area (Å²) in [6.45, 7) is 9.04. The van der Waals surface area contributed by atoms with E-state index in [0.717, 1.165) is 46.3 Å². The topological polar surface area (TPSA) is 64.8 Å². The molecule has 1 N–H and O–H groups in total. The van der Waals surface area contributed by atoms with E-state index in [4.69, 9.17) is 9.72 Å². The second kappa shape index (κ2) is 8.71. The van der Waals surface area contributed by atoms with Crippen molar-refractivity contribution in [3.05, 3.63) is 64.3 Å². The van der Waals surface area contributed by atoms with Gasteiger partial charge >= 0.3 is 5.69 Å². The van der Waals surface area contributed by atoms with Crippen LogP contribution in [0.4, 0.5) is 0 Å². The van der Waals surface area contributed by atoms with E-state index in [2.05, 4.69) is 32.7 Å². The van der Waals surface area contributed by atoms with E-state index in [1.54, 1.807) is 7.11 Å². The van der Waals surface area contributed by atoms with Gasteiger partial charge in [0.1, 0.15) is 5.82 Å². The van der Waals surface area contributed by atoms with Crippen molar-refractivity contribution < 1.29 is 4.74 Å². The number of methoxy groups -OCH3 is 1. The molecule has 31 heavy (non-hydrogen) atoms. The van der Waals surface area contributed by atoms with Crippen LogP contribution in [-0.4, -0.2) is 26.2 Å². The minimum Gasteiger partial charge on any atom is -0.380 e. The molecule has 0 radical (unpaired) electrons. The molecule has 164 valence electrons. The Balaban J connectivity index is 1.93. The Kier molecular flexibility index (Phi) is 6.01. The van der Waals surface area contributed by atoms with Gasteiger partial charge in [-0.2, -0.15) is 0 Å². The summed E-state index contributed by atoms with van der Waals surface area (Å²) in [5, 5.41) is 0. The van der Waals surface area contributed by atoms with E-state index in [1.807, 2.05) is 51.6 Å². The van der Waals surface area contributed by atoms with E-state index < -0.39 is 0 Å². The van der Waals surface area contributed by atoms with Crippen LogP contribution in [0.3, 0.4) is 0 Å². The first-order valence-electron chi connectivity index (χ1n) is 11.1. The van der Waals surface area contributed by atoms with Crippen LogP contribution in [0.25, 0.3) is 22.1 Å². The summed E-state index contributed by atoms with van der Waals surface area (Å²) in [6, 6.07) is 14.1. The third-order valence-corrected chi connectivity index (χ3v) is 5.89. The zero-order chi connectivity index (χ0) is 22.1. The van der Waals surface area contributed by atoms with Gasteiger partial charge < -0.3 is 9.72 Å². The van der Waals surface area contributed by atoms with Gasteiger partial charge in [0.05, 0.1) is 34.7 Å². The lowest BCUT2D eigenvalue weighted by atomic mass is 10.0. The Morgan fingerprint density at radius 3 is 2.32 bits per heavy atom. The Morgan fingerprint density at radius 1 is 0.968 bits per heavy atom. The molecule has 0 bridgehead atoms. The number of H-pyrrole nitrogens is 1. The zero-order valence-electron chi connectivity index (χ0n) is 19.1. The number of nitrogens with zero attached hydrogens (tertiary/aromatic N) is 3. The van der Waals surface area contributed by atoms with Gasteiger partial charge in [0.15, 0.2) is 0 Å². The van der Waals surface area contributed by atoms with Crippen molar-refractivity contribution in [3.8, 4) is 0 Å². The molecular formula is C25H32N4O2. The normalized spacial score (nSPS) is 13.1. The molecule has 6 heteroatoms. The molecule has 0 amide bonds. The van der Waals surface area contributed by atoms with Crippen LogP contribution in [0.2, 0.25) is 0 Å². The molecule has 2 aromatic heterocycles. The maximum absolute atomic E-state index is 13.6. The summed E-state index contributed by atoms with van der Waals surface area (Å²) >= 11 is 0. The number of hydrogen-bond donors (Lipinski definition) is 1. The standard InChI is InChI=1S/C25H32N4O2/c1-16(2)13-14-22(24-26-19-10-8-9-18(15-31-5)23(19)27-24)29-21-12-7-6-11-20(21)28(17(3)4)25(29)30/h6-12,16-17,22H,13-15H2,1-5H3,(H,26,27). The van der Waals surface area contributed by atoms with Gasteiger partial charge in [-0.1, -0.05) is 38.1 Å². The average Bonchev–Trinajstić information content (AvgIpc) is 3.28. The van der Waals surface area contributed by atoms with Crippen LogP contribution in [-0.2, 0) is 11.3 Å². The van der Waals surface area contributed by atoms with E-state index in [0.29, 0.717) is 12.5 Å². The van der Waals surface area contributed by atoms with Gasteiger partial charge in [-0.25, -0.2) is 9.78 Å². The number of aromatic amines is 1. The maximum atomic E-state index is 13.6. The van der Waals surface area contributed by atoms with Crippen LogP contribution >= 0.6 is 0 Å². The zero-order valence-corrected chi connectivity index (χ0v) is 19.1. The quantitative estimate of drug-likeness (QED) is 0.413. The molecule has 0 aliphatic heterocycles. The number of benzene rings is 2. The lowest BCUT2D eigenvalue weighted by Gasteiger charge is -2.18. The van der Waals surface area contributed by atoms with Gasteiger partial charge in [-0.3, -0.25) is 9.13 Å². The second-order valence-electron chi connectivity index (χ2n) is 8.96. The fourth-order valence-corrected chi connectivity index (χ4v) is 4.41. The largest absolute Gasteiger partial charge is 0.380 e. The van der Waals surface area contributed by atoms with E-state index in [9.17, 15) is 4.79 Å². The molecule has 1 unspecified atom stereocenters. The van der Waals surface area contributed by atoms with Crippen LogP contribution < -0.4 is 5.69 Å². The summed E-state index contributed by atoms with van der Waals surface area (Å²) < 4.78 is 9.18. The lowest BCUT2D eigenvalue weighted by Crippen LogP contribution is -2.29. The molecule has 0 fully saturated rings. The third-order valence-electron chi connectivity index (χ3n) is 5.89. The van der Waals surface area contributed by atoms with Crippen LogP contribution in [0, 0.1) is 5.92 Å². The SMILES string of the molecule is COCc1cccc2[nH]c(C(CCC(C)C)n3c(=O)n(C(C)C)c4ccccc43)nc12. The molecule has 0 aliphatic carbocycles. The molecule has 4 aromatic rings. The summed E-state index contributed by atoms with van der Waals surface area (Å²) in [5.41, 5.74) is 4.86. The number of nitrogens with one attached hydrogen (secondary N) is 1. The van der Waals surface area contributed by atoms with Gasteiger partial charge in [-0.15, -0.1) is 0 Å². The summed E-state index contributed by atoms with van der Waals surface area (Å²) in [5.74, 6) is 1.36. The second-order valence-corrected chi connectivity index (χ2v) is 8.96. The minimum atomic E-state index is -0.164. The van der Waals surface area contributed by atoms with E-state index in [-0.39, 0.29) is 17.8 Å². The lowest BCUT2D eigenvalue weighted by molar-refractivity contribution is 0.186. The van der Waals surface area contributed by atoms with Crippen molar-refractivity contribution in [2.45, 2.75) is 59.2 Å². The smallest absolute Gasteiger partial charge is 0.330 e. The molecule has 2 heterocycles. The molecule has 2 aromatic carbocycles. The Labute approximate surface area is 182 Å². The first-order valence-corrected chi connectivity index (χ1v) is 11.1. The summed E-state index contributed by atoms with van der Waals surface area (Å²) in [4.78, 5) is 22.1. The van der Waals surface area contributed by atoms with Crippen molar-refractivity contribution in [1.29, 1.82) is 0 Å². The number of hydrogen-bond acceptors (Lipinski definition) is 3. The molecular weight excluding hydrogens is 388 g/mol. The van der Waals surface area contributed by atoms with Gasteiger partial charge in [0.25, 0.3) is 0 Å². The minimum absolute atomic E-state index is 0.0162. The Bertz CT molecular complexity index is 1250. The maximum Gasteiger partial charge on any atom is 0.330 e. The van der Waals surface area contributed by atoms with Crippen molar-refractivity contribution in [2.24, 2.45) is 5.92 Å². The van der Waals surface area contributed by atoms with Gasteiger partial charge in [0.2, 0.25) is 0 Å². The molecule has 0 saturated heterocycles.